The van der Waals surface area contributed by atoms with Crippen LogP contribution in [0.15, 0.2) is 0 Å². The minimum atomic E-state index is 0. The van der Waals surface area contributed by atoms with Gasteiger partial charge in [0.25, 0.3) is 0 Å². The van der Waals surface area contributed by atoms with Gasteiger partial charge in [0, 0.05) is 18.6 Å². The Morgan fingerprint density at radius 3 is 2.00 bits per heavy atom. The SMILES string of the molecule is C[CH]C(C)[CH-]C.[V]. The molecule has 0 atom stereocenters. The summed E-state index contributed by atoms with van der Waals surface area (Å²) in [4.78, 5) is 0. The van der Waals surface area contributed by atoms with Gasteiger partial charge in [0.2, 0.25) is 0 Å². The Morgan fingerprint density at radius 1 is 1.57 bits per heavy atom. The molecule has 0 aliphatic heterocycles. The molecule has 42 valence electrons. The van der Waals surface area contributed by atoms with E-state index < -0.39 is 0 Å². The quantitative estimate of drug-likeness (QED) is 0.508. The van der Waals surface area contributed by atoms with E-state index in [9.17, 15) is 0 Å². The molecular formula is C6H12V-. The fourth-order valence-corrected chi connectivity index (χ4v) is 0.192. The fourth-order valence-electron chi connectivity index (χ4n) is 0.192. The average molecular weight is 135 g/mol. The van der Waals surface area contributed by atoms with E-state index in [4.69, 9.17) is 0 Å². The fraction of sp³-hybridized carbons (Fsp3) is 0.667. The summed E-state index contributed by atoms with van der Waals surface area (Å²) < 4.78 is 0. The minimum Gasteiger partial charge on any atom is -0.328 e. The summed E-state index contributed by atoms with van der Waals surface area (Å²) >= 11 is 0. The van der Waals surface area contributed by atoms with Crippen molar-refractivity contribution in [3.05, 3.63) is 12.8 Å². The summed E-state index contributed by atoms with van der Waals surface area (Å²) in [5, 5.41) is 0. The van der Waals surface area contributed by atoms with Crippen LogP contribution >= 0.6 is 0 Å². The summed E-state index contributed by atoms with van der Waals surface area (Å²) in [7, 11) is 0. The minimum absolute atomic E-state index is 0. The maximum absolute atomic E-state index is 2.17. The first-order valence-electron chi connectivity index (χ1n) is 2.40. The summed E-state index contributed by atoms with van der Waals surface area (Å²) in [6.45, 7) is 6.31. The molecule has 0 rings (SSSR count). The molecule has 0 saturated carbocycles. The third-order valence-electron chi connectivity index (χ3n) is 1.05. The molecule has 0 nitrogen and oxygen atoms in total. The van der Waals surface area contributed by atoms with E-state index >= 15 is 0 Å². The van der Waals surface area contributed by atoms with Crippen molar-refractivity contribution in [2.45, 2.75) is 20.8 Å². The molecule has 0 fully saturated rings. The molecule has 0 bridgehead atoms. The van der Waals surface area contributed by atoms with Crippen molar-refractivity contribution in [1.82, 2.24) is 0 Å². The van der Waals surface area contributed by atoms with Crippen LogP contribution in [0.5, 0.6) is 0 Å². The molecule has 0 saturated heterocycles. The second-order valence-electron chi connectivity index (χ2n) is 1.53. The van der Waals surface area contributed by atoms with Gasteiger partial charge in [-0.05, 0) is 0 Å². The van der Waals surface area contributed by atoms with Gasteiger partial charge in [-0.2, -0.15) is 12.8 Å². The molecule has 0 aliphatic rings. The van der Waals surface area contributed by atoms with Crippen molar-refractivity contribution in [2.75, 3.05) is 0 Å². The zero-order valence-corrected chi connectivity index (χ0v) is 6.58. The van der Waals surface area contributed by atoms with Crippen LogP contribution < -0.4 is 0 Å². The smallest absolute Gasteiger partial charge is 0 e. The van der Waals surface area contributed by atoms with E-state index in [0.29, 0.717) is 5.92 Å². The topological polar surface area (TPSA) is 0 Å². The molecule has 0 amide bonds. The number of hydrogen-bond donors (Lipinski definition) is 0. The van der Waals surface area contributed by atoms with Gasteiger partial charge >= 0.3 is 0 Å². The molecule has 2 radical (unpaired) electrons. The average Bonchev–Trinajstić information content (AvgIpc) is 1.65. The molecule has 0 aliphatic carbocycles. The van der Waals surface area contributed by atoms with E-state index in [0.717, 1.165) is 0 Å². The Hall–Kier alpha value is 0.584. The first-order chi connectivity index (χ1) is 2.81. The summed E-state index contributed by atoms with van der Waals surface area (Å²) in [5.41, 5.74) is 0. The molecule has 0 aromatic carbocycles. The van der Waals surface area contributed by atoms with Crippen molar-refractivity contribution in [2.24, 2.45) is 5.92 Å². The van der Waals surface area contributed by atoms with Gasteiger partial charge in [0.15, 0.2) is 0 Å². The third-order valence-corrected chi connectivity index (χ3v) is 1.05. The predicted octanol–water partition coefficient (Wildman–Crippen LogP) is 2.07. The van der Waals surface area contributed by atoms with Gasteiger partial charge < -0.3 is 6.42 Å². The van der Waals surface area contributed by atoms with Crippen LogP contribution in [0.4, 0.5) is 0 Å². The Morgan fingerprint density at radius 2 is 2.00 bits per heavy atom. The van der Waals surface area contributed by atoms with E-state index in [2.05, 4.69) is 33.6 Å². The first-order valence-corrected chi connectivity index (χ1v) is 2.40. The second-order valence-corrected chi connectivity index (χ2v) is 1.53. The number of hydrogen-bond acceptors (Lipinski definition) is 0. The standard InChI is InChI=1S/C6H12.V/c1-4-6(3)5-2;/h4-6H,1-3H3;/q-1;. The van der Waals surface area contributed by atoms with Crippen LogP contribution in [0, 0.1) is 18.8 Å². The largest absolute Gasteiger partial charge is 0.328 e. The van der Waals surface area contributed by atoms with Gasteiger partial charge in [-0.15, -0.1) is 0 Å². The van der Waals surface area contributed by atoms with E-state index in [1.807, 2.05) is 0 Å². The molecule has 1 heteroatoms. The summed E-state index contributed by atoms with van der Waals surface area (Å²) in [6, 6.07) is 0. The van der Waals surface area contributed by atoms with Crippen LogP contribution in [-0.4, -0.2) is 0 Å². The van der Waals surface area contributed by atoms with Crippen molar-refractivity contribution >= 4 is 0 Å². The van der Waals surface area contributed by atoms with Crippen molar-refractivity contribution in [3.8, 4) is 0 Å². The molecule has 0 unspecified atom stereocenters. The maximum Gasteiger partial charge on any atom is 0 e. The maximum atomic E-state index is 2.17. The van der Waals surface area contributed by atoms with E-state index in [1.165, 1.54) is 0 Å². The molecule has 0 aromatic heterocycles. The second kappa shape index (κ2) is 6.58. The molecule has 0 heterocycles. The van der Waals surface area contributed by atoms with Crippen LogP contribution in [-0.2, 0) is 18.6 Å². The van der Waals surface area contributed by atoms with E-state index in [-0.39, 0.29) is 18.6 Å². The summed E-state index contributed by atoms with van der Waals surface area (Å²) in [5.74, 6) is 0.685. The van der Waals surface area contributed by atoms with Crippen LogP contribution in [0.25, 0.3) is 0 Å². The zero-order valence-electron chi connectivity index (χ0n) is 5.18. The van der Waals surface area contributed by atoms with Crippen LogP contribution in [0.1, 0.15) is 20.8 Å². The molecule has 0 spiro atoms. The molecular weight excluding hydrogens is 123 g/mol. The normalized spacial score (nSPS) is 12.4. The molecule has 0 N–H and O–H groups in total. The van der Waals surface area contributed by atoms with Crippen molar-refractivity contribution in [1.29, 1.82) is 0 Å². The van der Waals surface area contributed by atoms with Gasteiger partial charge in [-0.25, -0.2) is 0 Å². The zero-order chi connectivity index (χ0) is 4.99. The Balaban J connectivity index is 0. The van der Waals surface area contributed by atoms with Crippen LogP contribution in [0.2, 0.25) is 0 Å². The first kappa shape index (κ1) is 10.5. The van der Waals surface area contributed by atoms with Gasteiger partial charge in [-0.3, -0.25) is 0 Å². The predicted molar refractivity (Wildman–Crippen MR) is 29.1 cm³/mol. The molecule has 7 heavy (non-hydrogen) atoms. The third kappa shape index (κ3) is 6.58. The van der Waals surface area contributed by atoms with Crippen LogP contribution in [0.3, 0.4) is 0 Å². The van der Waals surface area contributed by atoms with Gasteiger partial charge in [0.1, 0.15) is 0 Å². The summed E-state index contributed by atoms with van der Waals surface area (Å²) in [6.07, 6.45) is 4.33. The number of rotatable bonds is 2. The Kier molecular flexibility index (Phi) is 9.92. The van der Waals surface area contributed by atoms with Crippen molar-refractivity contribution in [3.63, 3.8) is 0 Å². The molecule has 0 aromatic rings. The van der Waals surface area contributed by atoms with Gasteiger partial charge in [0.05, 0.1) is 0 Å². The van der Waals surface area contributed by atoms with Crippen molar-refractivity contribution < 1.29 is 18.6 Å². The van der Waals surface area contributed by atoms with Gasteiger partial charge in [-0.1, -0.05) is 20.3 Å². The monoisotopic (exact) mass is 135 g/mol. The van der Waals surface area contributed by atoms with E-state index in [1.54, 1.807) is 0 Å². The Labute approximate surface area is 58.6 Å². The Bertz CT molecular complexity index is 23.4.